The Hall–Kier alpha value is -2.76. The van der Waals surface area contributed by atoms with Crippen molar-refractivity contribution in [3.05, 3.63) is 36.4 Å². The predicted octanol–water partition coefficient (Wildman–Crippen LogP) is 2.31. The van der Waals surface area contributed by atoms with Crippen molar-refractivity contribution >= 4 is 28.6 Å². The van der Waals surface area contributed by atoms with Crippen molar-refractivity contribution in [2.24, 2.45) is 0 Å². The van der Waals surface area contributed by atoms with Crippen molar-refractivity contribution in [2.75, 3.05) is 19.4 Å². The fourth-order valence-corrected chi connectivity index (χ4v) is 1.77. The quantitative estimate of drug-likeness (QED) is 0.785. The molecule has 0 fully saturated rings. The highest BCUT2D eigenvalue weighted by Gasteiger charge is 2.07. The van der Waals surface area contributed by atoms with E-state index in [9.17, 15) is 9.59 Å². The molecule has 0 unspecified atom stereocenters. The Morgan fingerprint density at radius 1 is 1.05 bits per heavy atom. The molecule has 0 aliphatic heterocycles. The maximum absolute atomic E-state index is 11.3. The van der Waals surface area contributed by atoms with Gasteiger partial charge in [-0.1, -0.05) is 12.1 Å². The minimum atomic E-state index is -0.523. The lowest BCUT2D eigenvalue weighted by atomic mass is 10.1. The van der Waals surface area contributed by atoms with Gasteiger partial charge >= 0.3 is 12.1 Å². The molecular formula is C14H15N3O3. The van der Waals surface area contributed by atoms with Gasteiger partial charge in [0.2, 0.25) is 0 Å². The van der Waals surface area contributed by atoms with Crippen molar-refractivity contribution < 1.29 is 14.3 Å². The Morgan fingerprint density at radius 3 is 2.55 bits per heavy atom. The van der Waals surface area contributed by atoms with Crippen LogP contribution in [0.25, 0.3) is 10.8 Å². The number of hydrogen-bond acceptors (Lipinski definition) is 3. The van der Waals surface area contributed by atoms with Crippen LogP contribution in [0.1, 0.15) is 0 Å². The largest absolute Gasteiger partial charge is 0.412 e. The first-order valence-electron chi connectivity index (χ1n) is 6.05. The SMILES string of the molecule is CNC(=O)Nc1ccc2c(OC(=O)NC)cccc2c1. The average Bonchev–Trinajstić information content (AvgIpc) is 2.47. The van der Waals surface area contributed by atoms with Crippen LogP contribution in [0.3, 0.4) is 0 Å². The van der Waals surface area contributed by atoms with Crippen molar-refractivity contribution in [2.45, 2.75) is 0 Å². The second kappa shape index (κ2) is 5.92. The lowest BCUT2D eigenvalue weighted by molar-refractivity contribution is 0.203. The number of anilines is 1. The van der Waals surface area contributed by atoms with E-state index in [0.717, 1.165) is 10.8 Å². The van der Waals surface area contributed by atoms with E-state index in [1.165, 1.54) is 7.05 Å². The third kappa shape index (κ3) is 2.97. The fraction of sp³-hybridized carbons (Fsp3) is 0.143. The third-order valence-electron chi connectivity index (χ3n) is 2.73. The van der Waals surface area contributed by atoms with Gasteiger partial charge in [0.05, 0.1) is 0 Å². The molecule has 0 radical (unpaired) electrons. The van der Waals surface area contributed by atoms with Gasteiger partial charge in [0.25, 0.3) is 0 Å². The molecule has 0 aromatic heterocycles. The van der Waals surface area contributed by atoms with Gasteiger partial charge in [0.1, 0.15) is 5.75 Å². The Kier molecular flexibility index (Phi) is 4.05. The number of amides is 3. The van der Waals surface area contributed by atoms with Gasteiger partial charge in [-0.25, -0.2) is 9.59 Å². The molecule has 0 atom stereocenters. The Bertz CT molecular complexity index is 655. The molecule has 2 aromatic carbocycles. The van der Waals surface area contributed by atoms with Gasteiger partial charge in [-0.2, -0.15) is 0 Å². The predicted molar refractivity (Wildman–Crippen MR) is 77.1 cm³/mol. The summed E-state index contributed by atoms with van der Waals surface area (Å²) < 4.78 is 5.17. The fourth-order valence-electron chi connectivity index (χ4n) is 1.77. The lowest BCUT2D eigenvalue weighted by Crippen LogP contribution is -2.24. The minimum Gasteiger partial charge on any atom is -0.410 e. The molecule has 0 saturated carbocycles. The number of fused-ring (bicyclic) bond motifs is 1. The Balaban J connectivity index is 2.35. The summed E-state index contributed by atoms with van der Waals surface area (Å²) in [6.07, 6.45) is -0.523. The van der Waals surface area contributed by atoms with Crippen LogP contribution in [0.5, 0.6) is 5.75 Å². The van der Waals surface area contributed by atoms with Gasteiger partial charge in [0, 0.05) is 25.2 Å². The van der Waals surface area contributed by atoms with E-state index >= 15 is 0 Å². The lowest BCUT2D eigenvalue weighted by Gasteiger charge is -2.09. The summed E-state index contributed by atoms with van der Waals surface area (Å²) in [5.41, 5.74) is 0.661. The van der Waals surface area contributed by atoms with E-state index in [1.807, 2.05) is 6.07 Å². The highest BCUT2D eigenvalue weighted by molar-refractivity contribution is 5.96. The topological polar surface area (TPSA) is 79.5 Å². The van der Waals surface area contributed by atoms with E-state index in [2.05, 4.69) is 16.0 Å². The standard InChI is InChI=1S/C14H15N3O3/c1-15-13(18)17-10-6-7-11-9(8-10)4-3-5-12(11)20-14(19)16-2/h3-8H,1-2H3,(H,16,19)(H2,15,17,18). The first kappa shape index (κ1) is 13.7. The van der Waals surface area contributed by atoms with Crippen LogP contribution in [-0.2, 0) is 0 Å². The van der Waals surface area contributed by atoms with E-state index in [1.54, 1.807) is 37.4 Å². The summed E-state index contributed by atoms with van der Waals surface area (Å²) in [6.45, 7) is 0. The van der Waals surface area contributed by atoms with E-state index in [0.29, 0.717) is 11.4 Å². The average molecular weight is 273 g/mol. The smallest absolute Gasteiger partial charge is 0.410 e. The third-order valence-corrected chi connectivity index (χ3v) is 2.73. The summed E-state index contributed by atoms with van der Waals surface area (Å²) >= 11 is 0. The maximum Gasteiger partial charge on any atom is 0.412 e. The molecule has 2 aromatic rings. The van der Waals surface area contributed by atoms with Gasteiger partial charge in [-0.05, 0) is 29.7 Å². The monoisotopic (exact) mass is 273 g/mol. The normalized spacial score (nSPS) is 9.90. The number of rotatable bonds is 2. The van der Waals surface area contributed by atoms with Gasteiger partial charge < -0.3 is 20.7 Å². The molecule has 3 amide bonds. The number of benzene rings is 2. The second-order valence-corrected chi connectivity index (χ2v) is 4.04. The number of ether oxygens (including phenoxy) is 1. The number of carbonyl (C=O) groups is 2. The summed E-state index contributed by atoms with van der Waals surface area (Å²) in [6, 6.07) is 10.4. The zero-order valence-corrected chi connectivity index (χ0v) is 11.2. The maximum atomic E-state index is 11.3. The van der Waals surface area contributed by atoms with Crippen LogP contribution < -0.4 is 20.7 Å². The number of carbonyl (C=O) groups excluding carboxylic acids is 2. The molecular weight excluding hydrogens is 258 g/mol. The highest BCUT2D eigenvalue weighted by atomic mass is 16.6. The Labute approximate surface area is 116 Å². The molecule has 6 heteroatoms. The first-order chi connectivity index (χ1) is 9.63. The molecule has 6 nitrogen and oxygen atoms in total. The number of hydrogen-bond donors (Lipinski definition) is 3. The van der Waals surface area contributed by atoms with Crippen molar-refractivity contribution in [3.8, 4) is 5.75 Å². The van der Waals surface area contributed by atoms with Crippen molar-refractivity contribution in [3.63, 3.8) is 0 Å². The number of nitrogens with one attached hydrogen (secondary N) is 3. The van der Waals surface area contributed by atoms with Crippen LogP contribution in [0.15, 0.2) is 36.4 Å². The molecule has 0 saturated heterocycles. The van der Waals surface area contributed by atoms with Crippen LogP contribution in [0.4, 0.5) is 15.3 Å². The zero-order chi connectivity index (χ0) is 14.5. The molecule has 0 aliphatic rings. The van der Waals surface area contributed by atoms with Gasteiger partial charge in [-0.3, -0.25) is 0 Å². The zero-order valence-electron chi connectivity index (χ0n) is 11.2. The molecule has 20 heavy (non-hydrogen) atoms. The van der Waals surface area contributed by atoms with Crippen LogP contribution >= 0.6 is 0 Å². The molecule has 0 aliphatic carbocycles. The highest BCUT2D eigenvalue weighted by Crippen LogP contribution is 2.28. The summed E-state index contributed by atoms with van der Waals surface area (Å²) in [5, 5.41) is 9.21. The van der Waals surface area contributed by atoms with Crippen LogP contribution in [0.2, 0.25) is 0 Å². The molecule has 0 bridgehead atoms. The van der Waals surface area contributed by atoms with E-state index in [-0.39, 0.29) is 6.03 Å². The summed E-state index contributed by atoms with van der Waals surface area (Å²) in [7, 11) is 3.05. The van der Waals surface area contributed by atoms with E-state index < -0.39 is 6.09 Å². The van der Waals surface area contributed by atoms with Crippen LogP contribution in [0, 0.1) is 0 Å². The molecule has 0 heterocycles. The van der Waals surface area contributed by atoms with E-state index in [4.69, 9.17) is 4.74 Å². The van der Waals surface area contributed by atoms with Gasteiger partial charge in [-0.15, -0.1) is 0 Å². The molecule has 104 valence electrons. The van der Waals surface area contributed by atoms with Gasteiger partial charge in [0.15, 0.2) is 0 Å². The second-order valence-electron chi connectivity index (χ2n) is 4.04. The minimum absolute atomic E-state index is 0.290. The Morgan fingerprint density at radius 2 is 1.85 bits per heavy atom. The summed E-state index contributed by atoms with van der Waals surface area (Å²) in [4.78, 5) is 22.5. The summed E-state index contributed by atoms with van der Waals surface area (Å²) in [5.74, 6) is 0.466. The van der Waals surface area contributed by atoms with Crippen molar-refractivity contribution in [1.29, 1.82) is 0 Å². The van der Waals surface area contributed by atoms with Crippen LogP contribution in [-0.4, -0.2) is 26.2 Å². The molecule has 2 rings (SSSR count). The van der Waals surface area contributed by atoms with Crippen molar-refractivity contribution in [1.82, 2.24) is 10.6 Å². The first-order valence-corrected chi connectivity index (χ1v) is 6.05. The molecule has 0 spiro atoms. The molecule has 3 N–H and O–H groups in total. The number of urea groups is 1.